The second-order valence-electron chi connectivity index (χ2n) is 5.56. The van der Waals surface area contributed by atoms with Gasteiger partial charge in [0.15, 0.2) is 0 Å². The van der Waals surface area contributed by atoms with Gasteiger partial charge in [-0.05, 0) is 57.8 Å². The van der Waals surface area contributed by atoms with Gasteiger partial charge in [0.05, 0.1) is 0 Å². The molecule has 2 nitrogen and oxygen atoms in total. The zero-order chi connectivity index (χ0) is 10.7. The molecule has 0 aromatic carbocycles. The van der Waals surface area contributed by atoms with Crippen LogP contribution in [0.5, 0.6) is 0 Å². The van der Waals surface area contributed by atoms with E-state index in [1.165, 1.54) is 58.3 Å². The maximum absolute atomic E-state index is 3.51. The summed E-state index contributed by atoms with van der Waals surface area (Å²) in [5, 5.41) is 3.51. The van der Waals surface area contributed by atoms with Gasteiger partial charge in [-0.25, -0.2) is 0 Å². The molecule has 0 unspecified atom stereocenters. The molecule has 2 rings (SSSR count). The van der Waals surface area contributed by atoms with Gasteiger partial charge >= 0.3 is 0 Å². The minimum absolute atomic E-state index is 0.520. The first-order valence-corrected chi connectivity index (χ1v) is 6.71. The maximum Gasteiger partial charge on any atom is 0.0256 e. The van der Waals surface area contributed by atoms with Crippen LogP contribution in [0, 0.1) is 5.92 Å². The Bertz CT molecular complexity index is 189. The summed E-state index contributed by atoms with van der Waals surface area (Å²) in [5.41, 5.74) is 0.520. The number of hydrogen-bond acceptors (Lipinski definition) is 2. The van der Waals surface area contributed by atoms with E-state index in [9.17, 15) is 0 Å². The predicted octanol–water partition coefficient (Wildman–Crippen LogP) is 2.25. The molecular weight excluding hydrogens is 184 g/mol. The number of rotatable bonds is 2. The van der Waals surface area contributed by atoms with Crippen molar-refractivity contribution >= 4 is 0 Å². The van der Waals surface area contributed by atoms with Crippen LogP contribution in [0.15, 0.2) is 0 Å². The Labute approximate surface area is 94.4 Å². The Hall–Kier alpha value is -0.0800. The molecule has 0 bridgehead atoms. The van der Waals surface area contributed by atoms with Crippen LogP contribution in [-0.4, -0.2) is 36.6 Å². The van der Waals surface area contributed by atoms with E-state index in [0.717, 1.165) is 5.92 Å². The van der Waals surface area contributed by atoms with Crippen molar-refractivity contribution in [3.05, 3.63) is 0 Å². The van der Waals surface area contributed by atoms with Crippen LogP contribution in [0.25, 0.3) is 0 Å². The van der Waals surface area contributed by atoms with E-state index in [1.807, 2.05) is 0 Å². The molecule has 88 valence electrons. The molecule has 2 aliphatic rings. The van der Waals surface area contributed by atoms with Crippen molar-refractivity contribution in [3.63, 3.8) is 0 Å². The Kier molecular flexibility index (Phi) is 3.68. The molecule has 0 saturated carbocycles. The van der Waals surface area contributed by atoms with Crippen molar-refractivity contribution in [2.24, 2.45) is 5.92 Å². The highest BCUT2D eigenvalue weighted by Crippen LogP contribution is 2.35. The molecule has 0 aromatic rings. The summed E-state index contributed by atoms with van der Waals surface area (Å²) in [4.78, 5) is 2.81. The second kappa shape index (κ2) is 4.84. The molecule has 0 amide bonds. The van der Waals surface area contributed by atoms with E-state index in [1.54, 1.807) is 0 Å². The standard InChI is InChI=1S/C13H26N2/c1-12(2)13(6-8-14-9-7-13)15-10-4-3-5-11-15/h12,14H,3-11H2,1-2H3. The van der Waals surface area contributed by atoms with E-state index in [-0.39, 0.29) is 0 Å². The van der Waals surface area contributed by atoms with Crippen molar-refractivity contribution in [1.82, 2.24) is 10.2 Å². The molecule has 0 aliphatic carbocycles. The first-order valence-electron chi connectivity index (χ1n) is 6.71. The third-order valence-electron chi connectivity index (χ3n) is 4.53. The van der Waals surface area contributed by atoms with Gasteiger partial charge in [0.25, 0.3) is 0 Å². The number of piperidine rings is 2. The molecule has 0 radical (unpaired) electrons. The summed E-state index contributed by atoms with van der Waals surface area (Å²) >= 11 is 0. The van der Waals surface area contributed by atoms with Crippen LogP contribution in [0.2, 0.25) is 0 Å². The number of hydrogen-bond donors (Lipinski definition) is 1. The minimum atomic E-state index is 0.520. The van der Waals surface area contributed by atoms with Gasteiger partial charge in [-0.2, -0.15) is 0 Å². The summed E-state index contributed by atoms with van der Waals surface area (Å²) in [5.74, 6) is 0.803. The zero-order valence-corrected chi connectivity index (χ0v) is 10.4. The highest BCUT2D eigenvalue weighted by Gasteiger charge is 2.40. The van der Waals surface area contributed by atoms with E-state index in [0.29, 0.717) is 5.54 Å². The van der Waals surface area contributed by atoms with Gasteiger partial charge in [0, 0.05) is 5.54 Å². The van der Waals surface area contributed by atoms with Crippen molar-refractivity contribution in [2.75, 3.05) is 26.2 Å². The van der Waals surface area contributed by atoms with Gasteiger partial charge in [-0.15, -0.1) is 0 Å². The molecule has 0 aromatic heterocycles. The van der Waals surface area contributed by atoms with Gasteiger partial charge in [0.2, 0.25) is 0 Å². The lowest BCUT2D eigenvalue weighted by Crippen LogP contribution is -2.59. The van der Waals surface area contributed by atoms with Crippen LogP contribution >= 0.6 is 0 Å². The average Bonchev–Trinajstić information content (AvgIpc) is 2.31. The highest BCUT2D eigenvalue weighted by molar-refractivity contribution is 4.97. The first kappa shape index (κ1) is 11.4. The molecule has 2 heterocycles. The van der Waals surface area contributed by atoms with Gasteiger partial charge in [-0.1, -0.05) is 20.3 Å². The average molecular weight is 210 g/mol. The van der Waals surface area contributed by atoms with Crippen molar-refractivity contribution < 1.29 is 0 Å². The fraction of sp³-hybridized carbons (Fsp3) is 1.00. The van der Waals surface area contributed by atoms with Crippen LogP contribution in [0.1, 0.15) is 46.0 Å². The van der Waals surface area contributed by atoms with Crippen LogP contribution in [0.3, 0.4) is 0 Å². The fourth-order valence-electron chi connectivity index (χ4n) is 3.46. The van der Waals surface area contributed by atoms with Crippen molar-refractivity contribution in [2.45, 2.75) is 51.5 Å². The van der Waals surface area contributed by atoms with Gasteiger partial charge in [0.1, 0.15) is 0 Å². The third-order valence-corrected chi connectivity index (χ3v) is 4.53. The van der Waals surface area contributed by atoms with Crippen LogP contribution < -0.4 is 5.32 Å². The maximum atomic E-state index is 3.51. The number of nitrogens with one attached hydrogen (secondary N) is 1. The van der Waals surface area contributed by atoms with E-state index in [2.05, 4.69) is 24.1 Å². The minimum Gasteiger partial charge on any atom is -0.317 e. The predicted molar refractivity (Wildman–Crippen MR) is 65.1 cm³/mol. The number of nitrogens with zero attached hydrogens (tertiary/aromatic N) is 1. The molecule has 2 fully saturated rings. The quantitative estimate of drug-likeness (QED) is 0.752. The smallest absolute Gasteiger partial charge is 0.0256 e. The lowest BCUT2D eigenvalue weighted by atomic mass is 9.76. The fourth-order valence-corrected chi connectivity index (χ4v) is 3.46. The molecule has 15 heavy (non-hydrogen) atoms. The normalized spacial score (nSPS) is 28.2. The molecule has 1 N–H and O–H groups in total. The van der Waals surface area contributed by atoms with E-state index < -0.39 is 0 Å². The zero-order valence-electron chi connectivity index (χ0n) is 10.4. The van der Waals surface area contributed by atoms with Crippen LogP contribution in [-0.2, 0) is 0 Å². The summed E-state index contributed by atoms with van der Waals surface area (Å²) in [6, 6.07) is 0. The third kappa shape index (κ3) is 2.21. The summed E-state index contributed by atoms with van der Waals surface area (Å²) < 4.78 is 0. The Morgan fingerprint density at radius 1 is 1.00 bits per heavy atom. The number of likely N-dealkylation sites (tertiary alicyclic amines) is 1. The van der Waals surface area contributed by atoms with E-state index >= 15 is 0 Å². The summed E-state index contributed by atoms with van der Waals surface area (Å²) in [6.07, 6.45) is 6.99. The highest BCUT2D eigenvalue weighted by atomic mass is 15.2. The Morgan fingerprint density at radius 3 is 2.13 bits per heavy atom. The molecule has 2 aliphatic heterocycles. The Morgan fingerprint density at radius 2 is 1.60 bits per heavy atom. The molecular formula is C13H26N2. The lowest BCUT2D eigenvalue weighted by molar-refractivity contribution is 0.00264. The molecule has 0 spiro atoms. The van der Waals surface area contributed by atoms with Gasteiger partial charge in [-0.3, -0.25) is 4.90 Å². The summed E-state index contributed by atoms with van der Waals surface area (Å²) in [6.45, 7) is 9.96. The van der Waals surface area contributed by atoms with E-state index in [4.69, 9.17) is 0 Å². The molecule has 0 atom stereocenters. The molecule has 2 saturated heterocycles. The van der Waals surface area contributed by atoms with Crippen LogP contribution in [0.4, 0.5) is 0 Å². The molecule has 2 heteroatoms. The van der Waals surface area contributed by atoms with Crippen molar-refractivity contribution in [1.29, 1.82) is 0 Å². The Balaban J connectivity index is 2.09. The topological polar surface area (TPSA) is 15.3 Å². The lowest BCUT2D eigenvalue weighted by Gasteiger charge is -2.51. The largest absolute Gasteiger partial charge is 0.317 e. The van der Waals surface area contributed by atoms with Crippen molar-refractivity contribution in [3.8, 4) is 0 Å². The SMILES string of the molecule is CC(C)C1(N2CCCCC2)CCNCC1. The monoisotopic (exact) mass is 210 g/mol. The second-order valence-corrected chi connectivity index (χ2v) is 5.56. The summed E-state index contributed by atoms with van der Waals surface area (Å²) in [7, 11) is 0. The first-order chi connectivity index (χ1) is 7.26. The van der Waals surface area contributed by atoms with Gasteiger partial charge < -0.3 is 5.32 Å².